The van der Waals surface area contributed by atoms with Gasteiger partial charge in [-0.2, -0.15) is 11.8 Å². The Bertz CT molecular complexity index is 454. The van der Waals surface area contributed by atoms with Crippen LogP contribution in [0.1, 0.15) is 22.8 Å². The summed E-state index contributed by atoms with van der Waals surface area (Å²) in [5.74, 6) is 1.09. The molecular formula is C16H24N2O2S. The highest BCUT2D eigenvalue weighted by molar-refractivity contribution is 7.97. The number of nitrogens with zero attached hydrogens (tertiary/aromatic N) is 2. The molecule has 1 atom stereocenters. The van der Waals surface area contributed by atoms with Crippen molar-refractivity contribution in [3.63, 3.8) is 0 Å². The zero-order chi connectivity index (χ0) is 15.2. The van der Waals surface area contributed by atoms with Crippen LogP contribution in [-0.2, 0) is 5.75 Å². The maximum absolute atomic E-state index is 12.5. The van der Waals surface area contributed by atoms with Gasteiger partial charge in [-0.15, -0.1) is 0 Å². The minimum Gasteiger partial charge on any atom is -0.392 e. The molecule has 1 aromatic carbocycles. The van der Waals surface area contributed by atoms with Gasteiger partial charge < -0.3 is 10.0 Å². The first-order valence-corrected chi connectivity index (χ1v) is 8.77. The van der Waals surface area contributed by atoms with E-state index in [2.05, 4.69) is 11.2 Å². The highest BCUT2D eigenvalue weighted by atomic mass is 32.2. The summed E-state index contributed by atoms with van der Waals surface area (Å²) in [6.07, 6.45) is 1.77. The van der Waals surface area contributed by atoms with Crippen LogP contribution in [0.25, 0.3) is 0 Å². The van der Waals surface area contributed by atoms with Gasteiger partial charge in [0.25, 0.3) is 5.91 Å². The topological polar surface area (TPSA) is 43.8 Å². The van der Waals surface area contributed by atoms with Crippen molar-refractivity contribution in [2.75, 3.05) is 39.0 Å². The number of thioether (sulfide) groups is 1. The molecule has 4 nitrogen and oxygen atoms in total. The zero-order valence-corrected chi connectivity index (χ0v) is 13.6. The van der Waals surface area contributed by atoms with E-state index in [1.54, 1.807) is 18.7 Å². The molecule has 1 aliphatic heterocycles. The lowest BCUT2D eigenvalue weighted by Crippen LogP contribution is -2.50. The van der Waals surface area contributed by atoms with Gasteiger partial charge >= 0.3 is 0 Å². The third-order valence-electron chi connectivity index (χ3n) is 3.69. The second kappa shape index (κ2) is 7.82. The van der Waals surface area contributed by atoms with Crippen LogP contribution >= 0.6 is 11.8 Å². The minimum atomic E-state index is -0.309. The standard InChI is InChI=1S/C16H24N2O2S/c1-13(19)11-17-7-9-18(10-8-17)16(20)15-5-3-14(4-6-15)12-21-2/h3-6,13,19H,7-12H2,1-2H3. The van der Waals surface area contributed by atoms with Gasteiger partial charge in [-0.1, -0.05) is 12.1 Å². The summed E-state index contributed by atoms with van der Waals surface area (Å²) in [4.78, 5) is 16.6. The van der Waals surface area contributed by atoms with Gasteiger partial charge in [0, 0.05) is 44.0 Å². The highest BCUT2D eigenvalue weighted by Gasteiger charge is 2.22. The Hall–Kier alpha value is -1.04. The Morgan fingerprint density at radius 1 is 1.24 bits per heavy atom. The van der Waals surface area contributed by atoms with E-state index in [-0.39, 0.29) is 12.0 Å². The van der Waals surface area contributed by atoms with Crippen molar-refractivity contribution < 1.29 is 9.90 Å². The molecule has 1 saturated heterocycles. The molecule has 1 aromatic rings. The summed E-state index contributed by atoms with van der Waals surface area (Å²) in [6, 6.07) is 7.92. The number of aliphatic hydroxyl groups is 1. The van der Waals surface area contributed by atoms with E-state index >= 15 is 0 Å². The molecule has 21 heavy (non-hydrogen) atoms. The van der Waals surface area contributed by atoms with Gasteiger partial charge in [-0.3, -0.25) is 9.69 Å². The fraction of sp³-hybridized carbons (Fsp3) is 0.562. The lowest BCUT2D eigenvalue weighted by Gasteiger charge is -2.35. The van der Waals surface area contributed by atoms with Crippen molar-refractivity contribution in [2.45, 2.75) is 18.8 Å². The van der Waals surface area contributed by atoms with Gasteiger partial charge in [-0.05, 0) is 30.9 Å². The van der Waals surface area contributed by atoms with Crippen LogP contribution in [0.3, 0.4) is 0 Å². The van der Waals surface area contributed by atoms with E-state index in [0.29, 0.717) is 6.54 Å². The van der Waals surface area contributed by atoms with Crippen LogP contribution in [0.2, 0.25) is 0 Å². The molecule has 1 N–H and O–H groups in total. The van der Waals surface area contributed by atoms with Crippen LogP contribution in [0.15, 0.2) is 24.3 Å². The molecule has 1 aliphatic rings. The molecule has 0 radical (unpaired) electrons. The van der Waals surface area contributed by atoms with Crippen LogP contribution < -0.4 is 0 Å². The predicted molar refractivity (Wildman–Crippen MR) is 87.7 cm³/mol. The SMILES string of the molecule is CSCc1ccc(C(=O)N2CCN(CC(C)O)CC2)cc1. The van der Waals surface area contributed by atoms with Gasteiger partial charge in [-0.25, -0.2) is 0 Å². The van der Waals surface area contributed by atoms with Crippen molar-refractivity contribution in [3.05, 3.63) is 35.4 Å². The normalized spacial score (nSPS) is 17.8. The van der Waals surface area contributed by atoms with Crippen LogP contribution in [0.5, 0.6) is 0 Å². The number of rotatable bonds is 5. The lowest BCUT2D eigenvalue weighted by molar-refractivity contribution is 0.0554. The molecule has 0 spiro atoms. The summed E-state index contributed by atoms with van der Waals surface area (Å²) in [6.45, 7) is 5.62. The fourth-order valence-electron chi connectivity index (χ4n) is 2.60. The van der Waals surface area contributed by atoms with Crippen molar-refractivity contribution in [1.82, 2.24) is 9.80 Å². The minimum absolute atomic E-state index is 0.113. The monoisotopic (exact) mass is 308 g/mol. The molecule has 0 aromatic heterocycles. The summed E-state index contributed by atoms with van der Waals surface area (Å²) in [5, 5.41) is 9.40. The zero-order valence-electron chi connectivity index (χ0n) is 12.8. The van der Waals surface area contributed by atoms with Crippen LogP contribution in [0.4, 0.5) is 0 Å². The molecule has 1 heterocycles. The van der Waals surface area contributed by atoms with Gasteiger partial charge in [0.2, 0.25) is 0 Å². The number of benzene rings is 1. The van der Waals surface area contributed by atoms with Gasteiger partial charge in [0.15, 0.2) is 0 Å². The maximum Gasteiger partial charge on any atom is 0.253 e. The highest BCUT2D eigenvalue weighted by Crippen LogP contribution is 2.13. The van der Waals surface area contributed by atoms with E-state index in [0.717, 1.165) is 37.5 Å². The van der Waals surface area contributed by atoms with Gasteiger partial charge in [0.05, 0.1) is 6.10 Å². The third kappa shape index (κ3) is 4.73. The summed E-state index contributed by atoms with van der Waals surface area (Å²) >= 11 is 1.78. The molecule has 5 heteroatoms. The van der Waals surface area contributed by atoms with E-state index in [4.69, 9.17) is 0 Å². The molecule has 116 valence electrons. The average molecular weight is 308 g/mol. The van der Waals surface area contributed by atoms with Crippen molar-refractivity contribution in [2.24, 2.45) is 0 Å². The largest absolute Gasteiger partial charge is 0.392 e. The Morgan fingerprint density at radius 2 is 1.86 bits per heavy atom. The summed E-state index contributed by atoms with van der Waals surface area (Å²) in [7, 11) is 0. The number of carbonyl (C=O) groups is 1. The Kier molecular flexibility index (Phi) is 6.08. The van der Waals surface area contributed by atoms with E-state index in [1.807, 2.05) is 29.2 Å². The number of piperazine rings is 1. The van der Waals surface area contributed by atoms with E-state index < -0.39 is 0 Å². The molecule has 0 saturated carbocycles. The number of hydrogen-bond acceptors (Lipinski definition) is 4. The summed E-state index contributed by atoms with van der Waals surface area (Å²) in [5.41, 5.74) is 2.02. The van der Waals surface area contributed by atoms with E-state index in [1.165, 1.54) is 5.56 Å². The first-order valence-electron chi connectivity index (χ1n) is 7.37. The van der Waals surface area contributed by atoms with Crippen LogP contribution in [-0.4, -0.2) is 65.9 Å². The second-order valence-corrected chi connectivity index (χ2v) is 6.44. The molecular weight excluding hydrogens is 284 g/mol. The number of aliphatic hydroxyl groups excluding tert-OH is 1. The number of hydrogen-bond donors (Lipinski definition) is 1. The van der Waals surface area contributed by atoms with Crippen molar-refractivity contribution >= 4 is 17.7 Å². The Labute approximate surface area is 131 Å². The molecule has 1 unspecified atom stereocenters. The first kappa shape index (κ1) is 16.3. The molecule has 0 aliphatic carbocycles. The van der Waals surface area contributed by atoms with Gasteiger partial charge in [0.1, 0.15) is 0 Å². The molecule has 1 amide bonds. The smallest absolute Gasteiger partial charge is 0.253 e. The van der Waals surface area contributed by atoms with E-state index in [9.17, 15) is 9.90 Å². The average Bonchev–Trinajstić information content (AvgIpc) is 2.48. The van der Waals surface area contributed by atoms with Crippen LogP contribution in [0, 0.1) is 0 Å². The Balaban J connectivity index is 1.89. The third-order valence-corrected chi connectivity index (χ3v) is 4.32. The lowest BCUT2D eigenvalue weighted by atomic mass is 10.1. The molecule has 2 rings (SSSR count). The fourth-order valence-corrected chi connectivity index (χ4v) is 3.13. The quantitative estimate of drug-likeness (QED) is 0.899. The number of amides is 1. The number of β-amino-alcohol motifs (C(OH)–C–C–N with tert-alkyl or cyclic N) is 1. The maximum atomic E-state index is 12.5. The van der Waals surface area contributed by atoms with Crippen molar-refractivity contribution in [3.8, 4) is 0 Å². The predicted octanol–water partition coefficient (Wildman–Crippen LogP) is 1.69. The number of carbonyl (C=O) groups excluding carboxylic acids is 1. The summed E-state index contributed by atoms with van der Waals surface area (Å²) < 4.78 is 0. The van der Waals surface area contributed by atoms with Crippen molar-refractivity contribution in [1.29, 1.82) is 0 Å². The molecule has 0 bridgehead atoms. The second-order valence-electron chi connectivity index (χ2n) is 5.57. The Morgan fingerprint density at radius 3 is 2.38 bits per heavy atom. The molecule has 1 fully saturated rings. The first-order chi connectivity index (χ1) is 10.1.